The van der Waals surface area contributed by atoms with Crippen LogP contribution in [-0.4, -0.2) is 42.8 Å². The van der Waals surface area contributed by atoms with Gasteiger partial charge in [-0.3, -0.25) is 0 Å². The van der Waals surface area contributed by atoms with Crippen LogP contribution >= 0.6 is 11.6 Å². The largest absolute Gasteiger partial charge is 0.378 e. The van der Waals surface area contributed by atoms with Gasteiger partial charge >= 0.3 is 0 Å². The Morgan fingerprint density at radius 2 is 2.00 bits per heavy atom. The molecular weight excluding hydrogens is 264 g/mol. The van der Waals surface area contributed by atoms with Crippen molar-refractivity contribution in [3.05, 3.63) is 11.2 Å². The second-order valence-corrected chi connectivity index (χ2v) is 6.27. The molecule has 0 bridgehead atoms. The summed E-state index contributed by atoms with van der Waals surface area (Å²) in [4.78, 5) is 10.9. The van der Waals surface area contributed by atoms with E-state index in [-0.39, 0.29) is 5.41 Å². The van der Waals surface area contributed by atoms with Gasteiger partial charge in [0.05, 0.1) is 13.2 Å². The van der Waals surface area contributed by atoms with Gasteiger partial charge in [-0.25, -0.2) is 4.98 Å². The zero-order valence-corrected chi connectivity index (χ0v) is 12.5. The molecule has 1 aromatic rings. The molecule has 1 aliphatic heterocycles. The Hall–Kier alpha value is -1.07. The van der Waals surface area contributed by atoms with E-state index in [4.69, 9.17) is 16.3 Å². The number of hydrogen-bond acceptors (Lipinski definition) is 5. The number of ether oxygens (including phenoxy) is 1. The van der Waals surface area contributed by atoms with Crippen LogP contribution in [0.2, 0.25) is 5.15 Å². The molecule has 106 valence electrons. The lowest BCUT2D eigenvalue weighted by molar-refractivity contribution is 0.122. The van der Waals surface area contributed by atoms with E-state index in [1.54, 1.807) is 6.07 Å². The van der Waals surface area contributed by atoms with Gasteiger partial charge < -0.3 is 15.0 Å². The van der Waals surface area contributed by atoms with Crippen LogP contribution in [0.5, 0.6) is 0 Å². The number of aromatic nitrogens is 2. The number of rotatable bonds is 3. The zero-order chi connectivity index (χ0) is 13.9. The van der Waals surface area contributed by atoms with E-state index in [0.717, 1.165) is 38.7 Å². The summed E-state index contributed by atoms with van der Waals surface area (Å²) in [5, 5.41) is 3.71. The summed E-state index contributed by atoms with van der Waals surface area (Å²) in [6, 6.07) is 1.80. The Morgan fingerprint density at radius 3 is 2.63 bits per heavy atom. The van der Waals surface area contributed by atoms with Crippen LogP contribution in [0.4, 0.5) is 11.8 Å². The highest BCUT2D eigenvalue weighted by Crippen LogP contribution is 2.20. The molecule has 0 spiro atoms. The standard InChI is InChI=1S/C13H21ClN4O/c1-13(2,3)9-15-12-16-10(14)8-11(17-12)18-4-6-19-7-5-18/h8H,4-7,9H2,1-3H3,(H,15,16,17). The van der Waals surface area contributed by atoms with Crippen molar-refractivity contribution in [3.8, 4) is 0 Å². The molecule has 1 N–H and O–H groups in total. The van der Waals surface area contributed by atoms with Gasteiger partial charge in [0.2, 0.25) is 5.95 Å². The van der Waals surface area contributed by atoms with E-state index in [2.05, 4.69) is 41.0 Å². The van der Waals surface area contributed by atoms with Crippen LogP contribution in [0.1, 0.15) is 20.8 Å². The maximum atomic E-state index is 6.07. The summed E-state index contributed by atoms with van der Waals surface area (Å²) < 4.78 is 5.34. The minimum atomic E-state index is 0.171. The Morgan fingerprint density at radius 1 is 1.32 bits per heavy atom. The lowest BCUT2D eigenvalue weighted by Crippen LogP contribution is -2.37. The lowest BCUT2D eigenvalue weighted by atomic mass is 9.97. The van der Waals surface area contributed by atoms with Crippen molar-refractivity contribution in [2.75, 3.05) is 43.1 Å². The number of halogens is 1. The Balaban J connectivity index is 2.10. The Kier molecular flexibility index (Phi) is 4.47. The minimum Gasteiger partial charge on any atom is -0.378 e. The predicted molar refractivity (Wildman–Crippen MR) is 78.0 cm³/mol. The third-order valence-corrected chi connectivity index (χ3v) is 2.99. The Bertz CT molecular complexity index is 427. The molecule has 6 heteroatoms. The molecule has 5 nitrogen and oxygen atoms in total. The summed E-state index contributed by atoms with van der Waals surface area (Å²) in [5.41, 5.74) is 0.171. The summed E-state index contributed by atoms with van der Waals surface area (Å²) >= 11 is 6.07. The van der Waals surface area contributed by atoms with E-state index in [1.165, 1.54) is 0 Å². The summed E-state index contributed by atoms with van der Waals surface area (Å²) in [5.74, 6) is 1.45. The fourth-order valence-corrected chi connectivity index (χ4v) is 1.96. The van der Waals surface area contributed by atoms with Gasteiger partial charge in [0.1, 0.15) is 11.0 Å². The van der Waals surface area contributed by atoms with Crippen molar-refractivity contribution < 1.29 is 4.74 Å². The van der Waals surface area contributed by atoms with Gasteiger partial charge in [0.15, 0.2) is 0 Å². The molecule has 19 heavy (non-hydrogen) atoms. The van der Waals surface area contributed by atoms with Crippen LogP contribution < -0.4 is 10.2 Å². The molecule has 0 atom stereocenters. The first-order valence-corrected chi connectivity index (χ1v) is 6.93. The maximum absolute atomic E-state index is 6.07. The summed E-state index contributed by atoms with van der Waals surface area (Å²) in [7, 11) is 0. The van der Waals surface area contributed by atoms with E-state index in [9.17, 15) is 0 Å². The zero-order valence-electron chi connectivity index (χ0n) is 11.7. The molecule has 0 saturated carbocycles. The van der Waals surface area contributed by atoms with Crippen molar-refractivity contribution in [1.82, 2.24) is 9.97 Å². The number of anilines is 2. The van der Waals surface area contributed by atoms with Crippen LogP contribution in [0, 0.1) is 5.41 Å². The molecule has 0 unspecified atom stereocenters. The number of morpholine rings is 1. The van der Waals surface area contributed by atoms with E-state index >= 15 is 0 Å². The van der Waals surface area contributed by atoms with Crippen LogP contribution in [-0.2, 0) is 4.74 Å². The van der Waals surface area contributed by atoms with Gasteiger partial charge in [0.25, 0.3) is 0 Å². The van der Waals surface area contributed by atoms with Crippen LogP contribution in [0.3, 0.4) is 0 Å². The second-order valence-electron chi connectivity index (χ2n) is 5.89. The normalized spacial score (nSPS) is 16.5. The van der Waals surface area contributed by atoms with Crippen molar-refractivity contribution >= 4 is 23.4 Å². The predicted octanol–water partition coefficient (Wildman–Crippen LogP) is 2.42. The quantitative estimate of drug-likeness (QED) is 0.864. The topological polar surface area (TPSA) is 50.3 Å². The van der Waals surface area contributed by atoms with Crippen LogP contribution in [0.15, 0.2) is 6.07 Å². The van der Waals surface area contributed by atoms with Gasteiger partial charge in [-0.15, -0.1) is 0 Å². The lowest BCUT2D eigenvalue weighted by Gasteiger charge is -2.28. The van der Waals surface area contributed by atoms with Crippen molar-refractivity contribution in [2.24, 2.45) is 5.41 Å². The fourth-order valence-electron chi connectivity index (χ4n) is 1.78. The molecule has 0 aromatic carbocycles. The van der Waals surface area contributed by atoms with E-state index < -0.39 is 0 Å². The molecule has 2 rings (SSSR count). The van der Waals surface area contributed by atoms with Gasteiger partial charge in [0, 0.05) is 25.7 Å². The smallest absolute Gasteiger partial charge is 0.226 e. The molecule has 1 aliphatic rings. The first kappa shape index (κ1) is 14.3. The van der Waals surface area contributed by atoms with Gasteiger partial charge in [-0.1, -0.05) is 32.4 Å². The minimum absolute atomic E-state index is 0.171. The molecule has 1 saturated heterocycles. The fraction of sp³-hybridized carbons (Fsp3) is 0.692. The maximum Gasteiger partial charge on any atom is 0.226 e. The third kappa shape index (κ3) is 4.51. The SMILES string of the molecule is CC(C)(C)CNc1nc(Cl)cc(N2CCOCC2)n1. The highest BCUT2D eigenvalue weighted by molar-refractivity contribution is 6.29. The second kappa shape index (κ2) is 5.92. The van der Waals surface area contributed by atoms with Gasteiger partial charge in [-0.05, 0) is 5.41 Å². The van der Waals surface area contributed by atoms with Crippen molar-refractivity contribution in [2.45, 2.75) is 20.8 Å². The molecule has 0 amide bonds. The average Bonchev–Trinajstić information content (AvgIpc) is 2.36. The van der Waals surface area contributed by atoms with E-state index in [1.807, 2.05) is 0 Å². The number of nitrogens with one attached hydrogen (secondary N) is 1. The molecular formula is C13H21ClN4O. The molecule has 1 fully saturated rings. The molecule has 0 aliphatic carbocycles. The first-order valence-electron chi connectivity index (χ1n) is 6.55. The number of hydrogen-bond donors (Lipinski definition) is 1. The summed E-state index contributed by atoms with van der Waals surface area (Å²) in [6.07, 6.45) is 0. The van der Waals surface area contributed by atoms with Gasteiger partial charge in [-0.2, -0.15) is 4.98 Å². The Labute approximate surface area is 119 Å². The highest BCUT2D eigenvalue weighted by atomic mass is 35.5. The van der Waals surface area contributed by atoms with Crippen LogP contribution in [0.25, 0.3) is 0 Å². The molecule has 1 aromatic heterocycles. The average molecular weight is 285 g/mol. The first-order chi connectivity index (χ1) is 8.94. The summed E-state index contributed by atoms with van der Waals surface area (Å²) in [6.45, 7) is 10.4. The molecule has 0 radical (unpaired) electrons. The highest BCUT2D eigenvalue weighted by Gasteiger charge is 2.16. The van der Waals surface area contributed by atoms with Crippen molar-refractivity contribution in [1.29, 1.82) is 0 Å². The third-order valence-electron chi connectivity index (χ3n) is 2.79. The van der Waals surface area contributed by atoms with E-state index in [0.29, 0.717) is 11.1 Å². The number of nitrogens with zero attached hydrogens (tertiary/aromatic N) is 3. The monoisotopic (exact) mass is 284 g/mol. The molecule has 2 heterocycles. The van der Waals surface area contributed by atoms with Crippen molar-refractivity contribution in [3.63, 3.8) is 0 Å².